The topological polar surface area (TPSA) is 108 Å². The molecule has 0 saturated carbocycles. The molecule has 9 nitrogen and oxygen atoms in total. The molecule has 190 valence electrons. The number of ether oxygens (including phenoxy) is 3. The van der Waals surface area contributed by atoms with E-state index in [2.05, 4.69) is 28.6 Å². The summed E-state index contributed by atoms with van der Waals surface area (Å²) in [5.74, 6) is -2.05. The van der Waals surface area contributed by atoms with Crippen LogP contribution in [-0.4, -0.2) is 65.3 Å². The summed E-state index contributed by atoms with van der Waals surface area (Å²) >= 11 is 0. The second kappa shape index (κ2) is 10.8. The number of benzene rings is 1. The van der Waals surface area contributed by atoms with E-state index >= 15 is 0 Å². The van der Waals surface area contributed by atoms with Gasteiger partial charge in [0, 0.05) is 32.9 Å². The molecule has 0 radical (unpaired) electrons. The Hall–Kier alpha value is -2.58. The number of hydrogen-bond acceptors (Lipinski definition) is 8. The average Bonchev–Trinajstić information content (AvgIpc) is 3.14. The molecule has 1 aliphatic rings. The highest BCUT2D eigenvalue weighted by atomic mass is 32.2. The van der Waals surface area contributed by atoms with Gasteiger partial charge in [0.2, 0.25) is 0 Å². The van der Waals surface area contributed by atoms with Crippen molar-refractivity contribution in [2.24, 2.45) is 0 Å². The molecule has 0 spiro atoms. The van der Waals surface area contributed by atoms with Crippen molar-refractivity contribution >= 4 is 30.1 Å². The first-order valence-electron chi connectivity index (χ1n) is 10.1. The molecule has 0 saturated heterocycles. The van der Waals surface area contributed by atoms with Crippen LogP contribution in [0.2, 0.25) is 25.7 Å². The second-order valence-corrected chi connectivity index (χ2v) is 15.7. The molecule has 1 aromatic rings. The number of esters is 1. The molecule has 1 aliphatic heterocycles. The lowest BCUT2D eigenvalue weighted by Crippen LogP contribution is -2.39. The van der Waals surface area contributed by atoms with E-state index in [4.69, 9.17) is 9.47 Å². The maximum Gasteiger partial charge on any atom is 0.534 e. The zero-order valence-electron chi connectivity index (χ0n) is 19.0. The van der Waals surface area contributed by atoms with Crippen LogP contribution in [-0.2, 0) is 28.6 Å². The summed E-state index contributed by atoms with van der Waals surface area (Å²) in [6, 6.07) is 5.30. The number of alkyl halides is 3. The number of methoxy groups -OCH3 is 1. The predicted octanol–water partition coefficient (Wildman–Crippen LogP) is 3.47. The maximum absolute atomic E-state index is 12.9. The van der Waals surface area contributed by atoms with Crippen LogP contribution in [0, 0.1) is 0 Å². The van der Waals surface area contributed by atoms with Crippen molar-refractivity contribution in [2.45, 2.75) is 43.7 Å². The molecule has 0 N–H and O–H groups in total. The van der Waals surface area contributed by atoms with Gasteiger partial charge >= 0.3 is 21.6 Å². The Balaban J connectivity index is 2.08. The number of carbonyl (C=O) groups excluding carboxylic acids is 2. The lowest BCUT2D eigenvalue weighted by molar-refractivity contribution is -0.144. The van der Waals surface area contributed by atoms with Crippen LogP contribution in [0.15, 0.2) is 36.2 Å². The van der Waals surface area contributed by atoms with E-state index < -0.39 is 53.8 Å². The van der Waals surface area contributed by atoms with Gasteiger partial charge in [-0.3, -0.25) is 9.69 Å². The van der Waals surface area contributed by atoms with Gasteiger partial charge in [-0.15, -0.1) is 0 Å². The minimum Gasteiger partial charge on any atom is -0.468 e. The van der Waals surface area contributed by atoms with Crippen LogP contribution >= 0.6 is 0 Å². The minimum absolute atomic E-state index is 0.0193. The Morgan fingerprint density at radius 3 is 2.29 bits per heavy atom. The number of halogens is 3. The molecule has 34 heavy (non-hydrogen) atoms. The van der Waals surface area contributed by atoms with Gasteiger partial charge in [-0.1, -0.05) is 19.6 Å². The van der Waals surface area contributed by atoms with Gasteiger partial charge in [0.15, 0.2) is 6.79 Å². The molecular formula is C20H26F3NO8SSi. The normalized spacial score (nSPS) is 16.7. The molecule has 1 aromatic carbocycles. The van der Waals surface area contributed by atoms with Gasteiger partial charge in [-0.2, -0.15) is 21.6 Å². The van der Waals surface area contributed by atoms with E-state index in [1.165, 1.54) is 24.3 Å². The zero-order valence-corrected chi connectivity index (χ0v) is 20.9. The molecule has 0 aliphatic carbocycles. The minimum atomic E-state index is -5.96. The van der Waals surface area contributed by atoms with Crippen molar-refractivity contribution in [3.05, 3.63) is 41.8 Å². The molecule has 14 heteroatoms. The van der Waals surface area contributed by atoms with Crippen LogP contribution in [0.5, 0.6) is 5.75 Å². The van der Waals surface area contributed by atoms with Gasteiger partial charge in [-0.05, 0) is 30.3 Å². The summed E-state index contributed by atoms with van der Waals surface area (Å²) in [4.78, 5) is 25.7. The number of amides is 1. The smallest absolute Gasteiger partial charge is 0.468 e. The fraction of sp³-hybridized carbons (Fsp3) is 0.500. The fourth-order valence-electron chi connectivity index (χ4n) is 2.75. The molecule has 1 heterocycles. The summed E-state index contributed by atoms with van der Waals surface area (Å²) in [6.45, 7) is 7.25. The highest BCUT2D eigenvalue weighted by molar-refractivity contribution is 7.87. The first-order chi connectivity index (χ1) is 15.6. The molecule has 0 fully saturated rings. The molecule has 0 unspecified atom stereocenters. The van der Waals surface area contributed by atoms with Gasteiger partial charge in [0.25, 0.3) is 5.91 Å². The zero-order chi connectivity index (χ0) is 25.7. The Morgan fingerprint density at radius 1 is 1.15 bits per heavy atom. The van der Waals surface area contributed by atoms with Gasteiger partial charge < -0.3 is 18.4 Å². The lowest BCUT2D eigenvalue weighted by Gasteiger charge is -2.21. The highest BCUT2D eigenvalue weighted by Crippen LogP contribution is 2.32. The van der Waals surface area contributed by atoms with Crippen molar-refractivity contribution < 1.29 is 49.6 Å². The molecular weight excluding hydrogens is 499 g/mol. The number of hydrogen-bond donors (Lipinski definition) is 0. The quantitative estimate of drug-likeness (QED) is 0.114. The maximum atomic E-state index is 12.9. The van der Waals surface area contributed by atoms with Crippen molar-refractivity contribution in [1.82, 2.24) is 4.90 Å². The number of rotatable bonds is 10. The third-order valence-electron chi connectivity index (χ3n) is 4.63. The van der Waals surface area contributed by atoms with E-state index in [0.29, 0.717) is 12.4 Å². The van der Waals surface area contributed by atoms with Crippen LogP contribution in [0.3, 0.4) is 0 Å². The van der Waals surface area contributed by atoms with Crippen LogP contribution < -0.4 is 4.74 Å². The van der Waals surface area contributed by atoms with Gasteiger partial charge in [-0.25, -0.2) is 4.79 Å². The summed E-state index contributed by atoms with van der Waals surface area (Å²) < 4.78 is 80.0. The molecule has 0 bridgehead atoms. The Labute approximate surface area is 196 Å². The first kappa shape index (κ1) is 27.7. The third-order valence-corrected chi connectivity index (χ3v) is 7.33. The van der Waals surface area contributed by atoms with E-state index in [0.717, 1.165) is 24.3 Å². The van der Waals surface area contributed by atoms with E-state index in [1.807, 2.05) is 0 Å². The van der Waals surface area contributed by atoms with Crippen LogP contribution in [0.4, 0.5) is 13.2 Å². The molecule has 2 rings (SSSR count). The Kier molecular flexibility index (Phi) is 8.77. The fourth-order valence-corrected chi connectivity index (χ4v) is 4.00. The lowest BCUT2D eigenvalue weighted by atomic mass is 10.1. The van der Waals surface area contributed by atoms with Crippen LogP contribution in [0.25, 0.3) is 0 Å². The van der Waals surface area contributed by atoms with Crippen molar-refractivity contribution in [3.63, 3.8) is 0 Å². The standard InChI is InChI=1S/C20H26F3NO8SSi/c1-29-19(26)17-11-16(32-33(27,28)20(21,22)23)12-24(17)18(25)14-5-7-15(8-6-14)31-13-30-9-10-34(2,3)4/h5-8,12,17H,9-11,13H2,1-4H3/t17-/m0/s1. The van der Waals surface area contributed by atoms with E-state index in [9.17, 15) is 31.2 Å². The van der Waals surface area contributed by atoms with Gasteiger partial charge in [0.05, 0.1) is 7.11 Å². The van der Waals surface area contributed by atoms with E-state index in [-0.39, 0.29) is 12.4 Å². The van der Waals surface area contributed by atoms with Crippen molar-refractivity contribution in [3.8, 4) is 5.75 Å². The second-order valence-electron chi connectivity index (χ2n) is 8.54. The molecule has 0 aromatic heterocycles. The molecule has 1 amide bonds. The third kappa shape index (κ3) is 7.46. The number of nitrogens with zero attached hydrogens (tertiary/aromatic N) is 1. The highest BCUT2D eigenvalue weighted by Gasteiger charge is 2.50. The Morgan fingerprint density at radius 2 is 1.76 bits per heavy atom. The SMILES string of the molecule is COC(=O)[C@@H]1CC(OS(=O)(=O)C(F)(F)F)=CN1C(=O)c1ccc(OCOCC[Si](C)(C)C)cc1. The van der Waals surface area contributed by atoms with Crippen molar-refractivity contribution in [1.29, 1.82) is 0 Å². The summed E-state index contributed by atoms with van der Waals surface area (Å²) in [5, 5.41) is 0. The molecule has 1 atom stereocenters. The first-order valence-corrected chi connectivity index (χ1v) is 15.2. The van der Waals surface area contributed by atoms with E-state index in [1.54, 1.807) is 0 Å². The average molecular weight is 526 g/mol. The summed E-state index contributed by atoms with van der Waals surface area (Å²) in [6.07, 6.45) is 0.133. The van der Waals surface area contributed by atoms with Crippen molar-refractivity contribution in [2.75, 3.05) is 20.5 Å². The van der Waals surface area contributed by atoms with Crippen LogP contribution in [0.1, 0.15) is 16.8 Å². The van der Waals surface area contributed by atoms with Gasteiger partial charge in [0.1, 0.15) is 17.6 Å². The summed E-state index contributed by atoms with van der Waals surface area (Å²) in [5.41, 5.74) is -5.60. The predicted molar refractivity (Wildman–Crippen MR) is 117 cm³/mol. The monoisotopic (exact) mass is 525 g/mol. The number of carbonyl (C=O) groups is 2. The largest absolute Gasteiger partial charge is 0.534 e. The Bertz CT molecular complexity index is 1020. The summed E-state index contributed by atoms with van der Waals surface area (Å²) in [7, 11) is -6.16.